The molecule has 0 fully saturated rings. The van der Waals surface area contributed by atoms with Crippen molar-refractivity contribution in [3.05, 3.63) is 28.6 Å². The maximum absolute atomic E-state index is 9.50. The van der Waals surface area contributed by atoms with Gasteiger partial charge in [0.1, 0.15) is 5.75 Å². The molecule has 1 aromatic heterocycles. The number of phenols is 1. The Morgan fingerprint density at radius 2 is 2.07 bits per heavy atom. The standard InChI is InChI=1S/C10H9ClO2S/c11-3-7-5-14-10-2-9(13)6(4-12)1-8(7)10/h1-2,5,12-13H,3-4H2. The third kappa shape index (κ3) is 1.47. The summed E-state index contributed by atoms with van der Waals surface area (Å²) in [6.45, 7) is -0.153. The molecule has 0 radical (unpaired) electrons. The minimum atomic E-state index is -0.153. The van der Waals surface area contributed by atoms with Crippen LogP contribution in [0.15, 0.2) is 17.5 Å². The molecule has 0 saturated heterocycles. The Kier molecular flexibility index (Phi) is 2.63. The van der Waals surface area contributed by atoms with E-state index in [1.807, 2.05) is 5.38 Å². The van der Waals surface area contributed by atoms with E-state index in [-0.39, 0.29) is 12.4 Å². The Morgan fingerprint density at radius 3 is 2.71 bits per heavy atom. The minimum Gasteiger partial charge on any atom is -0.508 e. The van der Waals surface area contributed by atoms with Gasteiger partial charge in [0.25, 0.3) is 0 Å². The third-order valence-electron chi connectivity index (χ3n) is 2.17. The summed E-state index contributed by atoms with van der Waals surface area (Å²) in [7, 11) is 0. The summed E-state index contributed by atoms with van der Waals surface area (Å²) in [5.74, 6) is 0.596. The third-order valence-corrected chi connectivity index (χ3v) is 3.45. The number of hydrogen-bond donors (Lipinski definition) is 2. The fourth-order valence-corrected chi connectivity index (χ4v) is 2.68. The molecular weight excluding hydrogens is 220 g/mol. The Bertz CT molecular complexity index is 464. The summed E-state index contributed by atoms with van der Waals surface area (Å²) in [6.07, 6.45) is 0. The highest BCUT2D eigenvalue weighted by molar-refractivity contribution is 7.17. The van der Waals surface area contributed by atoms with Crippen molar-refractivity contribution in [3.63, 3.8) is 0 Å². The van der Waals surface area contributed by atoms with Gasteiger partial charge in [-0.3, -0.25) is 0 Å². The van der Waals surface area contributed by atoms with Gasteiger partial charge in [0.05, 0.1) is 6.61 Å². The van der Waals surface area contributed by atoms with Crippen LogP contribution in [0.3, 0.4) is 0 Å². The van der Waals surface area contributed by atoms with Crippen LogP contribution >= 0.6 is 22.9 Å². The average Bonchev–Trinajstić information content (AvgIpc) is 2.58. The number of aliphatic hydroxyl groups is 1. The van der Waals surface area contributed by atoms with Crippen LogP contribution in [0.2, 0.25) is 0 Å². The lowest BCUT2D eigenvalue weighted by Gasteiger charge is -2.01. The molecule has 0 bridgehead atoms. The second kappa shape index (κ2) is 3.77. The van der Waals surface area contributed by atoms with Gasteiger partial charge in [-0.15, -0.1) is 22.9 Å². The van der Waals surface area contributed by atoms with Gasteiger partial charge in [-0.2, -0.15) is 0 Å². The van der Waals surface area contributed by atoms with Crippen molar-refractivity contribution in [1.29, 1.82) is 0 Å². The number of aromatic hydroxyl groups is 1. The van der Waals surface area contributed by atoms with Gasteiger partial charge in [0.15, 0.2) is 0 Å². The number of aliphatic hydroxyl groups excluding tert-OH is 1. The number of benzene rings is 1. The first-order chi connectivity index (χ1) is 6.76. The summed E-state index contributed by atoms with van der Waals surface area (Å²) in [5.41, 5.74) is 1.59. The quantitative estimate of drug-likeness (QED) is 0.776. The molecule has 0 aliphatic carbocycles. The van der Waals surface area contributed by atoms with Crippen LogP contribution in [0.25, 0.3) is 10.1 Å². The largest absolute Gasteiger partial charge is 0.508 e. The van der Waals surface area contributed by atoms with Crippen molar-refractivity contribution in [3.8, 4) is 5.75 Å². The molecular formula is C10H9ClO2S. The fraction of sp³-hybridized carbons (Fsp3) is 0.200. The van der Waals surface area contributed by atoms with Crippen LogP contribution in [0.1, 0.15) is 11.1 Å². The van der Waals surface area contributed by atoms with E-state index in [1.54, 1.807) is 23.5 Å². The smallest absolute Gasteiger partial charge is 0.122 e. The van der Waals surface area contributed by atoms with Gasteiger partial charge in [-0.05, 0) is 28.5 Å². The summed E-state index contributed by atoms with van der Waals surface area (Å²) in [6, 6.07) is 3.46. The molecule has 2 rings (SSSR count). The van der Waals surface area contributed by atoms with Crippen LogP contribution < -0.4 is 0 Å². The molecule has 1 heterocycles. The number of fused-ring (bicyclic) bond motifs is 1. The van der Waals surface area contributed by atoms with E-state index in [0.29, 0.717) is 11.4 Å². The van der Waals surface area contributed by atoms with Crippen molar-refractivity contribution in [2.75, 3.05) is 0 Å². The molecule has 0 unspecified atom stereocenters. The topological polar surface area (TPSA) is 40.5 Å². The molecule has 2 N–H and O–H groups in total. The molecule has 0 atom stereocenters. The van der Waals surface area contributed by atoms with Crippen LogP contribution in [0, 0.1) is 0 Å². The molecule has 1 aromatic carbocycles. The summed E-state index contributed by atoms with van der Waals surface area (Å²) in [5, 5.41) is 21.5. The van der Waals surface area contributed by atoms with Crippen LogP contribution in [-0.4, -0.2) is 10.2 Å². The minimum absolute atomic E-state index is 0.142. The number of thiophene rings is 1. The number of alkyl halides is 1. The molecule has 2 aromatic rings. The van der Waals surface area contributed by atoms with Gasteiger partial charge >= 0.3 is 0 Å². The van der Waals surface area contributed by atoms with Gasteiger partial charge in [-0.25, -0.2) is 0 Å². The Labute approximate surface area is 90.4 Å². The molecule has 14 heavy (non-hydrogen) atoms. The average molecular weight is 229 g/mol. The lowest BCUT2D eigenvalue weighted by Crippen LogP contribution is -1.84. The lowest BCUT2D eigenvalue weighted by molar-refractivity contribution is 0.276. The van der Waals surface area contributed by atoms with Gasteiger partial charge in [0.2, 0.25) is 0 Å². The van der Waals surface area contributed by atoms with Crippen molar-refractivity contribution >= 4 is 33.0 Å². The number of rotatable bonds is 2. The first kappa shape index (κ1) is 9.77. The molecule has 4 heteroatoms. The summed E-state index contributed by atoms with van der Waals surface area (Å²) >= 11 is 7.31. The van der Waals surface area contributed by atoms with E-state index in [1.165, 1.54) is 0 Å². The zero-order chi connectivity index (χ0) is 10.1. The van der Waals surface area contributed by atoms with Crippen LogP contribution in [-0.2, 0) is 12.5 Å². The highest BCUT2D eigenvalue weighted by atomic mass is 35.5. The maximum atomic E-state index is 9.50. The zero-order valence-corrected chi connectivity index (χ0v) is 8.90. The monoisotopic (exact) mass is 228 g/mol. The zero-order valence-electron chi connectivity index (χ0n) is 7.33. The summed E-state index contributed by atoms with van der Waals surface area (Å²) < 4.78 is 0.996. The SMILES string of the molecule is OCc1cc2c(CCl)csc2cc1O. The molecule has 74 valence electrons. The first-order valence-electron chi connectivity index (χ1n) is 4.15. The van der Waals surface area contributed by atoms with E-state index in [0.717, 1.165) is 15.6 Å². The predicted octanol–water partition coefficient (Wildman–Crippen LogP) is 2.84. The molecule has 0 amide bonds. The highest BCUT2D eigenvalue weighted by Crippen LogP contribution is 2.32. The maximum Gasteiger partial charge on any atom is 0.122 e. The second-order valence-corrected chi connectivity index (χ2v) is 4.21. The van der Waals surface area contributed by atoms with Crippen LogP contribution in [0.4, 0.5) is 0 Å². The fourth-order valence-electron chi connectivity index (χ4n) is 1.39. The van der Waals surface area contributed by atoms with Gasteiger partial charge in [0, 0.05) is 16.1 Å². The Morgan fingerprint density at radius 1 is 1.29 bits per heavy atom. The van der Waals surface area contributed by atoms with Crippen molar-refractivity contribution < 1.29 is 10.2 Å². The molecule has 0 aliphatic heterocycles. The first-order valence-corrected chi connectivity index (χ1v) is 5.56. The molecule has 0 spiro atoms. The Hall–Kier alpha value is -0.770. The van der Waals surface area contributed by atoms with E-state index in [2.05, 4.69) is 0 Å². The van der Waals surface area contributed by atoms with E-state index in [9.17, 15) is 5.11 Å². The van der Waals surface area contributed by atoms with E-state index in [4.69, 9.17) is 16.7 Å². The second-order valence-electron chi connectivity index (χ2n) is 3.03. The van der Waals surface area contributed by atoms with Crippen molar-refractivity contribution in [1.82, 2.24) is 0 Å². The van der Waals surface area contributed by atoms with Gasteiger partial charge < -0.3 is 10.2 Å². The van der Waals surface area contributed by atoms with E-state index >= 15 is 0 Å². The van der Waals surface area contributed by atoms with Crippen molar-refractivity contribution in [2.24, 2.45) is 0 Å². The normalized spacial score (nSPS) is 11.0. The van der Waals surface area contributed by atoms with Gasteiger partial charge in [-0.1, -0.05) is 0 Å². The molecule has 0 aliphatic rings. The highest BCUT2D eigenvalue weighted by Gasteiger charge is 2.07. The Balaban J connectivity index is 2.70. The molecule has 0 saturated carbocycles. The van der Waals surface area contributed by atoms with E-state index < -0.39 is 0 Å². The summed E-state index contributed by atoms with van der Waals surface area (Å²) in [4.78, 5) is 0. The predicted molar refractivity (Wildman–Crippen MR) is 59.0 cm³/mol. The van der Waals surface area contributed by atoms with Crippen LogP contribution in [0.5, 0.6) is 5.75 Å². The molecule has 2 nitrogen and oxygen atoms in total. The lowest BCUT2D eigenvalue weighted by atomic mass is 10.1. The number of halogens is 1. The number of hydrogen-bond acceptors (Lipinski definition) is 3. The van der Waals surface area contributed by atoms with Crippen molar-refractivity contribution in [2.45, 2.75) is 12.5 Å².